The highest BCUT2D eigenvalue weighted by atomic mass is 35.5. The van der Waals surface area contributed by atoms with Crippen LogP contribution in [0, 0.1) is 0 Å². The van der Waals surface area contributed by atoms with Crippen molar-refractivity contribution in [2.24, 2.45) is 0 Å². The predicted octanol–water partition coefficient (Wildman–Crippen LogP) is 2.84. The number of nitrogens with one attached hydrogen (secondary N) is 1. The van der Waals surface area contributed by atoms with Gasteiger partial charge in [0.2, 0.25) is 5.95 Å². The van der Waals surface area contributed by atoms with Crippen LogP contribution in [0.1, 0.15) is 5.56 Å². The fourth-order valence-electron chi connectivity index (χ4n) is 2.61. The number of hydrogen-bond donors (Lipinski definition) is 1. The van der Waals surface area contributed by atoms with Gasteiger partial charge in [-0.1, -0.05) is 42.5 Å². The van der Waals surface area contributed by atoms with Crippen molar-refractivity contribution < 1.29 is 0 Å². The monoisotopic (exact) mass is 358 g/mol. The van der Waals surface area contributed by atoms with Gasteiger partial charge < -0.3 is 10.2 Å². The summed E-state index contributed by atoms with van der Waals surface area (Å²) in [6.07, 6.45) is 0. The quantitative estimate of drug-likeness (QED) is 0.736. The molecule has 0 amide bonds. The highest BCUT2D eigenvalue weighted by molar-refractivity contribution is 5.85. The van der Waals surface area contributed by atoms with E-state index < -0.39 is 0 Å². The van der Waals surface area contributed by atoms with Crippen LogP contribution in [0.25, 0.3) is 10.9 Å². The van der Waals surface area contributed by atoms with E-state index in [1.54, 1.807) is 4.57 Å². The molecule has 0 saturated heterocycles. The van der Waals surface area contributed by atoms with E-state index in [1.165, 1.54) is 0 Å². The first kappa shape index (κ1) is 19.0. The number of aromatic nitrogens is 2. The molecule has 3 aromatic rings. The third-order valence-electron chi connectivity index (χ3n) is 3.89. The van der Waals surface area contributed by atoms with Crippen LogP contribution in [0.2, 0.25) is 0 Å². The molecule has 0 aliphatic rings. The summed E-state index contributed by atoms with van der Waals surface area (Å²) < 4.78 is 1.72. The zero-order valence-electron chi connectivity index (χ0n) is 14.5. The van der Waals surface area contributed by atoms with Crippen LogP contribution in [0.15, 0.2) is 59.4 Å². The lowest BCUT2D eigenvalue weighted by atomic mass is 10.2. The van der Waals surface area contributed by atoms with Gasteiger partial charge in [-0.3, -0.25) is 9.36 Å². The minimum atomic E-state index is -0.0168. The molecule has 0 bridgehead atoms. The van der Waals surface area contributed by atoms with Crippen LogP contribution in [0.5, 0.6) is 0 Å². The Morgan fingerprint density at radius 1 is 1.04 bits per heavy atom. The van der Waals surface area contributed by atoms with Crippen molar-refractivity contribution in [2.45, 2.75) is 6.54 Å². The van der Waals surface area contributed by atoms with Gasteiger partial charge in [-0.25, -0.2) is 4.98 Å². The standard InChI is InChI=1S/C19H22N4O.ClH/c1-22(2)13-12-20-19-21-17-11-7-6-10-16(17)18(24)23(19)14-15-8-4-3-5-9-15;/h3-11H,12-14H2,1-2H3,(H,20,21);1H. The molecule has 1 N–H and O–H groups in total. The number of fused-ring (bicyclic) bond motifs is 1. The van der Waals surface area contributed by atoms with Gasteiger partial charge in [-0.05, 0) is 31.8 Å². The Hall–Kier alpha value is -2.37. The normalized spacial score (nSPS) is 10.7. The highest BCUT2D eigenvalue weighted by Crippen LogP contribution is 2.13. The Bertz CT molecular complexity index is 877. The Labute approximate surface area is 153 Å². The number of benzene rings is 2. The van der Waals surface area contributed by atoms with E-state index >= 15 is 0 Å². The number of anilines is 1. The first-order chi connectivity index (χ1) is 11.6. The molecule has 0 atom stereocenters. The van der Waals surface area contributed by atoms with Crippen molar-refractivity contribution in [3.63, 3.8) is 0 Å². The molecule has 2 aromatic carbocycles. The summed E-state index contributed by atoms with van der Waals surface area (Å²) in [6.45, 7) is 2.10. The van der Waals surface area contributed by atoms with E-state index in [-0.39, 0.29) is 18.0 Å². The smallest absolute Gasteiger partial charge is 0.263 e. The third-order valence-corrected chi connectivity index (χ3v) is 3.89. The maximum absolute atomic E-state index is 12.9. The maximum Gasteiger partial charge on any atom is 0.263 e. The summed E-state index contributed by atoms with van der Waals surface area (Å²) in [6, 6.07) is 17.5. The van der Waals surface area contributed by atoms with Crippen LogP contribution in [-0.4, -0.2) is 41.6 Å². The van der Waals surface area contributed by atoms with Crippen molar-refractivity contribution in [2.75, 3.05) is 32.5 Å². The Kier molecular flexibility index (Phi) is 6.56. The minimum Gasteiger partial charge on any atom is -0.354 e. The van der Waals surface area contributed by atoms with Crippen molar-refractivity contribution in [3.8, 4) is 0 Å². The lowest BCUT2D eigenvalue weighted by Gasteiger charge is -2.16. The molecule has 3 rings (SSSR count). The molecule has 0 fully saturated rings. The van der Waals surface area contributed by atoms with Crippen LogP contribution in [0.3, 0.4) is 0 Å². The number of hydrogen-bond acceptors (Lipinski definition) is 4. The van der Waals surface area contributed by atoms with Gasteiger partial charge in [0.25, 0.3) is 5.56 Å². The second kappa shape index (κ2) is 8.65. The van der Waals surface area contributed by atoms with E-state index in [0.29, 0.717) is 17.9 Å². The lowest BCUT2D eigenvalue weighted by molar-refractivity contribution is 0.424. The summed E-state index contributed by atoms with van der Waals surface area (Å²) in [7, 11) is 4.04. The van der Waals surface area contributed by atoms with Gasteiger partial charge >= 0.3 is 0 Å². The third kappa shape index (κ3) is 4.59. The van der Waals surface area contributed by atoms with Gasteiger partial charge in [0, 0.05) is 13.1 Å². The Morgan fingerprint density at radius 3 is 2.44 bits per heavy atom. The number of likely N-dealkylation sites (N-methyl/N-ethyl adjacent to an activating group) is 1. The van der Waals surface area contributed by atoms with Crippen molar-refractivity contribution >= 4 is 29.3 Å². The molecular weight excluding hydrogens is 336 g/mol. The topological polar surface area (TPSA) is 50.2 Å². The number of nitrogens with zero attached hydrogens (tertiary/aromatic N) is 3. The Morgan fingerprint density at radius 2 is 1.72 bits per heavy atom. The van der Waals surface area contributed by atoms with E-state index in [0.717, 1.165) is 24.2 Å². The predicted molar refractivity (Wildman–Crippen MR) is 106 cm³/mol. The van der Waals surface area contributed by atoms with Crippen LogP contribution >= 0.6 is 12.4 Å². The number of halogens is 1. The zero-order chi connectivity index (χ0) is 16.9. The SMILES string of the molecule is CN(C)CCNc1nc2ccccc2c(=O)n1Cc1ccccc1.Cl. The number of rotatable bonds is 6. The van der Waals surface area contributed by atoms with E-state index in [9.17, 15) is 4.79 Å². The second-order valence-corrected chi connectivity index (χ2v) is 6.06. The van der Waals surface area contributed by atoms with Crippen LogP contribution < -0.4 is 10.9 Å². The van der Waals surface area contributed by atoms with E-state index in [1.807, 2.05) is 68.7 Å². The average Bonchev–Trinajstić information content (AvgIpc) is 2.59. The molecule has 0 radical (unpaired) electrons. The molecule has 1 heterocycles. The lowest BCUT2D eigenvalue weighted by Crippen LogP contribution is -2.28. The van der Waals surface area contributed by atoms with Gasteiger partial charge in [0.15, 0.2) is 0 Å². The molecule has 25 heavy (non-hydrogen) atoms. The Balaban J connectivity index is 0.00000225. The number of para-hydroxylation sites is 1. The summed E-state index contributed by atoms with van der Waals surface area (Å²) >= 11 is 0. The molecule has 132 valence electrons. The maximum atomic E-state index is 12.9. The minimum absolute atomic E-state index is 0. The summed E-state index contributed by atoms with van der Waals surface area (Å²) in [5.41, 5.74) is 1.78. The molecule has 1 aromatic heterocycles. The van der Waals surface area contributed by atoms with Crippen molar-refractivity contribution in [1.82, 2.24) is 14.5 Å². The highest BCUT2D eigenvalue weighted by Gasteiger charge is 2.11. The van der Waals surface area contributed by atoms with E-state index in [4.69, 9.17) is 0 Å². The van der Waals surface area contributed by atoms with Gasteiger partial charge in [0.1, 0.15) is 0 Å². The van der Waals surface area contributed by atoms with Crippen LogP contribution in [-0.2, 0) is 6.54 Å². The van der Waals surface area contributed by atoms with Gasteiger partial charge in [-0.2, -0.15) is 0 Å². The first-order valence-corrected chi connectivity index (χ1v) is 8.07. The molecule has 0 aliphatic carbocycles. The van der Waals surface area contributed by atoms with Gasteiger partial charge in [0.05, 0.1) is 17.4 Å². The molecule has 0 spiro atoms. The van der Waals surface area contributed by atoms with Crippen LogP contribution in [0.4, 0.5) is 5.95 Å². The molecular formula is C19H23ClN4O. The molecule has 0 saturated carbocycles. The first-order valence-electron chi connectivity index (χ1n) is 8.07. The average molecular weight is 359 g/mol. The fourth-order valence-corrected chi connectivity index (χ4v) is 2.61. The van der Waals surface area contributed by atoms with E-state index in [2.05, 4.69) is 15.2 Å². The van der Waals surface area contributed by atoms with Gasteiger partial charge in [-0.15, -0.1) is 12.4 Å². The molecule has 0 aliphatic heterocycles. The summed E-state index contributed by atoms with van der Waals surface area (Å²) in [4.78, 5) is 19.7. The fraction of sp³-hybridized carbons (Fsp3) is 0.263. The molecule has 5 nitrogen and oxygen atoms in total. The second-order valence-electron chi connectivity index (χ2n) is 6.06. The van der Waals surface area contributed by atoms with Crippen molar-refractivity contribution in [1.29, 1.82) is 0 Å². The molecule has 0 unspecified atom stereocenters. The summed E-state index contributed by atoms with van der Waals surface area (Å²) in [5, 5.41) is 3.95. The van der Waals surface area contributed by atoms with Crippen molar-refractivity contribution in [3.05, 3.63) is 70.5 Å². The molecule has 6 heteroatoms. The largest absolute Gasteiger partial charge is 0.354 e. The zero-order valence-corrected chi connectivity index (χ0v) is 15.3. The summed E-state index contributed by atoms with van der Waals surface area (Å²) in [5.74, 6) is 0.615.